The van der Waals surface area contributed by atoms with Crippen LogP contribution < -0.4 is 10.5 Å². The minimum absolute atomic E-state index is 0.0596. The highest BCUT2D eigenvalue weighted by molar-refractivity contribution is 7.91. The third kappa shape index (κ3) is 2.98. The molecule has 5 nitrogen and oxygen atoms in total. The molecule has 106 valence electrons. The van der Waals surface area contributed by atoms with E-state index in [2.05, 4.69) is 19.2 Å². The fourth-order valence-electron chi connectivity index (χ4n) is 2.14. The van der Waals surface area contributed by atoms with Crippen molar-refractivity contribution in [3.63, 3.8) is 0 Å². The summed E-state index contributed by atoms with van der Waals surface area (Å²) in [5.41, 5.74) is 1.13. The number of rotatable bonds is 4. The van der Waals surface area contributed by atoms with Crippen LogP contribution >= 0.6 is 11.3 Å². The topological polar surface area (TPSA) is 89.3 Å². The summed E-state index contributed by atoms with van der Waals surface area (Å²) >= 11 is 0.987. The zero-order valence-corrected chi connectivity index (χ0v) is 12.8. The van der Waals surface area contributed by atoms with Gasteiger partial charge in [-0.15, -0.1) is 11.3 Å². The van der Waals surface area contributed by atoms with Crippen LogP contribution in [0.2, 0.25) is 0 Å². The second-order valence-corrected chi connectivity index (χ2v) is 8.34. The summed E-state index contributed by atoms with van der Waals surface area (Å²) in [6, 6.07) is 0. The Kier molecular flexibility index (Phi) is 3.49. The molecule has 1 aliphatic rings. The second-order valence-electron chi connectivity index (χ2n) is 5.71. The molecule has 0 saturated heterocycles. The van der Waals surface area contributed by atoms with Gasteiger partial charge in [-0.05, 0) is 30.2 Å². The zero-order chi connectivity index (χ0) is 14.4. The standard InChI is InChI=1S/C12H18N2O3S2/c1-7-9(6-18-11(7)19(13,16)17)10(15)14-5-8-4-12(8,2)3/h6,8H,4-5H2,1-3H3,(H,14,15)(H2,13,16,17). The minimum Gasteiger partial charge on any atom is -0.352 e. The molecule has 0 bridgehead atoms. The van der Waals surface area contributed by atoms with Gasteiger partial charge in [0.25, 0.3) is 5.91 Å². The first kappa shape index (κ1) is 14.5. The van der Waals surface area contributed by atoms with Gasteiger partial charge in [0.1, 0.15) is 4.21 Å². The molecule has 7 heteroatoms. The molecule has 2 rings (SSSR count). The van der Waals surface area contributed by atoms with Crippen molar-refractivity contribution < 1.29 is 13.2 Å². The van der Waals surface area contributed by atoms with E-state index in [0.717, 1.165) is 17.8 Å². The molecule has 1 amide bonds. The Bertz CT molecular complexity index is 617. The van der Waals surface area contributed by atoms with Gasteiger partial charge >= 0.3 is 0 Å². The SMILES string of the molecule is Cc1c(C(=O)NCC2CC2(C)C)csc1S(N)(=O)=O. The van der Waals surface area contributed by atoms with Crippen molar-refractivity contribution in [1.82, 2.24) is 5.32 Å². The van der Waals surface area contributed by atoms with Crippen molar-refractivity contribution in [2.24, 2.45) is 16.5 Å². The number of amides is 1. The van der Waals surface area contributed by atoms with Gasteiger partial charge in [-0.1, -0.05) is 13.8 Å². The summed E-state index contributed by atoms with van der Waals surface area (Å²) in [4.78, 5) is 12.0. The van der Waals surface area contributed by atoms with Crippen LogP contribution in [0.15, 0.2) is 9.59 Å². The van der Waals surface area contributed by atoms with Crippen molar-refractivity contribution >= 4 is 27.3 Å². The van der Waals surface area contributed by atoms with Crippen LogP contribution in [0, 0.1) is 18.3 Å². The van der Waals surface area contributed by atoms with E-state index in [1.54, 1.807) is 12.3 Å². The van der Waals surface area contributed by atoms with Gasteiger partial charge in [0.2, 0.25) is 10.0 Å². The molecule has 1 unspecified atom stereocenters. The molecule has 1 aromatic heterocycles. The number of carbonyl (C=O) groups is 1. The van der Waals surface area contributed by atoms with E-state index in [1.807, 2.05) is 0 Å². The molecule has 3 N–H and O–H groups in total. The number of sulfonamides is 1. The van der Waals surface area contributed by atoms with E-state index in [0.29, 0.717) is 29.0 Å². The highest BCUT2D eigenvalue weighted by Crippen LogP contribution is 2.51. The molecule has 0 radical (unpaired) electrons. The van der Waals surface area contributed by atoms with Crippen LogP contribution in [0.25, 0.3) is 0 Å². The summed E-state index contributed by atoms with van der Waals surface area (Å²) < 4.78 is 22.7. The maximum atomic E-state index is 12.0. The Morgan fingerprint density at radius 1 is 1.58 bits per heavy atom. The lowest BCUT2D eigenvalue weighted by Gasteiger charge is -2.06. The molecule has 19 heavy (non-hydrogen) atoms. The van der Waals surface area contributed by atoms with Crippen molar-refractivity contribution in [3.8, 4) is 0 Å². The van der Waals surface area contributed by atoms with Crippen molar-refractivity contribution in [2.75, 3.05) is 6.54 Å². The van der Waals surface area contributed by atoms with Gasteiger partial charge < -0.3 is 5.32 Å². The zero-order valence-electron chi connectivity index (χ0n) is 11.2. The quantitative estimate of drug-likeness (QED) is 0.883. The average Bonchev–Trinajstić information content (AvgIpc) is 2.68. The number of primary sulfonamides is 1. The van der Waals surface area contributed by atoms with Gasteiger partial charge in [-0.25, -0.2) is 13.6 Å². The Morgan fingerprint density at radius 2 is 2.16 bits per heavy atom. The molecule has 1 atom stereocenters. The molecular formula is C12H18N2O3S2. The van der Waals surface area contributed by atoms with Crippen LogP contribution in [0.1, 0.15) is 36.2 Å². The van der Waals surface area contributed by atoms with Gasteiger partial charge in [-0.2, -0.15) is 0 Å². The van der Waals surface area contributed by atoms with E-state index >= 15 is 0 Å². The molecule has 1 heterocycles. The molecule has 1 saturated carbocycles. The van der Waals surface area contributed by atoms with Crippen LogP contribution in [0.4, 0.5) is 0 Å². The van der Waals surface area contributed by atoms with Crippen LogP contribution in [-0.4, -0.2) is 20.9 Å². The number of nitrogens with one attached hydrogen (secondary N) is 1. The third-order valence-corrected chi connectivity index (χ3v) is 6.41. The first-order valence-electron chi connectivity index (χ1n) is 6.02. The minimum atomic E-state index is -3.75. The fourth-order valence-corrected chi connectivity index (χ4v) is 4.15. The first-order valence-corrected chi connectivity index (χ1v) is 8.44. The predicted molar refractivity (Wildman–Crippen MR) is 74.7 cm³/mol. The normalized spacial score (nSPS) is 21.2. The Balaban J connectivity index is 2.06. The van der Waals surface area contributed by atoms with Gasteiger partial charge in [0, 0.05) is 11.9 Å². The lowest BCUT2D eigenvalue weighted by atomic mass is 10.1. The van der Waals surface area contributed by atoms with Crippen LogP contribution in [0.5, 0.6) is 0 Å². The highest BCUT2D eigenvalue weighted by Gasteiger charge is 2.45. The number of hydrogen-bond acceptors (Lipinski definition) is 4. The number of hydrogen-bond donors (Lipinski definition) is 2. The molecule has 1 fully saturated rings. The van der Waals surface area contributed by atoms with E-state index in [-0.39, 0.29) is 10.1 Å². The number of nitrogens with two attached hydrogens (primary N) is 1. The maximum Gasteiger partial charge on any atom is 0.252 e. The molecule has 1 aromatic rings. The summed E-state index contributed by atoms with van der Waals surface area (Å²) in [6.07, 6.45) is 1.11. The Labute approximate surface area is 117 Å². The van der Waals surface area contributed by atoms with E-state index < -0.39 is 10.0 Å². The largest absolute Gasteiger partial charge is 0.352 e. The van der Waals surface area contributed by atoms with Crippen LogP contribution in [0.3, 0.4) is 0 Å². The molecule has 1 aliphatic carbocycles. The fraction of sp³-hybridized carbons (Fsp3) is 0.583. The van der Waals surface area contributed by atoms with Gasteiger partial charge in [-0.3, -0.25) is 4.79 Å². The summed E-state index contributed by atoms with van der Waals surface area (Å²) in [5.74, 6) is 0.277. The van der Waals surface area contributed by atoms with E-state index in [4.69, 9.17) is 5.14 Å². The molecular weight excluding hydrogens is 284 g/mol. The van der Waals surface area contributed by atoms with E-state index in [1.165, 1.54) is 0 Å². The second kappa shape index (κ2) is 4.57. The number of carbonyl (C=O) groups excluding carboxylic acids is 1. The lowest BCUT2D eigenvalue weighted by molar-refractivity contribution is 0.0950. The van der Waals surface area contributed by atoms with Crippen molar-refractivity contribution in [1.29, 1.82) is 0 Å². The monoisotopic (exact) mass is 302 g/mol. The summed E-state index contributed by atoms with van der Waals surface area (Å²) in [7, 11) is -3.75. The van der Waals surface area contributed by atoms with Crippen LogP contribution in [-0.2, 0) is 10.0 Å². The van der Waals surface area contributed by atoms with Gasteiger partial charge in [0.05, 0.1) is 5.56 Å². The van der Waals surface area contributed by atoms with Crippen molar-refractivity contribution in [2.45, 2.75) is 31.4 Å². The smallest absolute Gasteiger partial charge is 0.252 e. The first-order chi connectivity index (χ1) is 8.63. The molecule has 0 aliphatic heterocycles. The summed E-state index contributed by atoms with van der Waals surface area (Å²) in [5, 5.41) is 9.49. The lowest BCUT2D eigenvalue weighted by Crippen LogP contribution is -2.27. The molecule has 0 spiro atoms. The third-order valence-electron chi connectivity index (χ3n) is 3.72. The Hall–Kier alpha value is -0.920. The maximum absolute atomic E-state index is 12.0. The van der Waals surface area contributed by atoms with E-state index in [9.17, 15) is 13.2 Å². The van der Waals surface area contributed by atoms with Gasteiger partial charge in [0.15, 0.2) is 0 Å². The summed E-state index contributed by atoms with van der Waals surface area (Å²) in [6.45, 7) is 6.57. The van der Waals surface area contributed by atoms with Crippen molar-refractivity contribution in [3.05, 3.63) is 16.5 Å². The Morgan fingerprint density at radius 3 is 2.58 bits per heavy atom. The highest BCUT2D eigenvalue weighted by atomic mass is 32.2. The molecule has 0 aromatic carbocycles. The number of thiophene rings is 1. The average molecular weight is 302 g/mol. The predicted octanol–water partition coefficient (Wildman–Crippen LogP) is 1.48.